The van der Waals surface area contributed by atoms with Crippen molar-refractivity contribution in [3.8, 4) is 5.75 Å². The van der Waals surface area contributed by atoms with Gasteiger partial charge < -0.3 is 10.2 Å². The number of nitrogens with two attached hydrogens (primary N) is 1. The average Bonchev–Trinajstić information content (AvgIpc) is 2.01. The molecule has 0 aromatic heterocycles. The van der Waals surface area contributed by atoms with Crippen molar-refractivity contribution < 1.29 is 13.5 Å². The number of anilines is 1. The molecule has 1 rings (SSSR count). The highest BCUT2D eigenvalue weighted by Gasteiger charge is 2.09. The standard InChI is InChI=1S/C8H9BrF2N2O/c1-4-2-5(14-8(10)11)3-6(9)7(4)13-12/h2-3,8,13H,12H2,1H3. The summed E-state index contributed by atoms with van der Waals surface area (Å²) in [4.78, 5) is 0. The van der Waals surface area contributed by atoms with Gasteiger partial charge in [0.05, 0.1) is 5.69 Å². The first kappa shape index (κ1) is 11.2. The molecule has 0 unspecified atom stereocenters. The number of halogens is 3. The smallest absolute Gasteiger partial charge is 0.387 e. The first-order valence-electron chi connectivity index (χ1n) is 3.76. The fourth-order valence-electron chi connectivity index (χ4n) is 1.07. The second-order valence-electron chi connectivity index (χ2n) is 2.62. The first-order valence-corrected chi connectivity index (χ1v) is 4.55. The fraction of sp³-hybridized carbons (Fsp3) is 0.250. The highest BCUT2D eigenvalue weighted by molar-refractivity contribution is 9.10. The van der Waals surface area contributed by atoms with Gasteiger partial charge in [-0.25, -0.2) is 0 Å². The molecule has 0 heterocycles. The third kappa shape index (κ3) is 2.55. The number of nitrogens with one attached hydrogen (secondary N) is 1. The van der Waals surface area contributed by atoms with Crippen LogP contribution in [0.5, 0.6) is 5.75 Å². The van der Waals surface area contributed by atoms with Gasteiger partial charge in [0.2, 0.25) is 0 Å². The van der Waals surface area contributed by atoms with Crippen LogP contribution >= 0.6 is 15.9 Å². The van der Waals surface area contributed by atoms with Crippen LogP contribution in [0.25, 0.3) is 0 Å². The van der Waals surface area contributed by atoms with E-state index in [2.05, 4.69) is 26.1 Å². The molecule has 0 spiro atoms. The topological polar surface area (TPSA) is 47.3 Å². The summed E-state index contributed by atoms with van der Waals surface area (Å²) in [6.07, 6.45) is 0. The molecule has 0 saturated heterocycles. The van der Waals surface area contributed by atoms with Gasteiger partial charge in [-0.05, 0) is 40.5 Å². The van der Waals surface area contributed by atoms with Crippen LogP contribution in [0.15, 0.2) is 16.6 Å². The van der Waals surface area contributed by atoms with Gasteiger partial charge in [-0.15, -0.1) is 0 Å². The monoisotopic (exact) mass is 266 g/mol. The molecule has 0 fully saturated rings. The van der Waals surface area contributed by atoms with Gasteiger partial charge in [0.15, 0.2) is 0 Å². The number of hydrazine groups is 1. The summed E-state index contributed by atoms with van der Waals surface area (Å²) < 4.78 is 28.6. The van der Waals surface area contributed by atoms with Crippen LogP contribution < -0.4 is 16.0 Å². The maximum atomic E-state index is 11.9. The Balaban J connectivity index is 3.01. The molecule has 78 valence electrons. The van der Waals surface area contributed by atoms with Crippen LogP contribution in [0.4, 0.5) is 14.5 Å². The van der Waals surface area contributed by atoms with Gasteiger partial charge in [0, 0.05) is 4.47 Å². The van der Waals surface area contributed by atoms with E-state index in [1.54, 1.807) is 6.92 Å². The Kier molecular flexibility index (Phi) is 3.65. The Morgan fingerprint density at radius 3 is 2.57 bits per heavy atom. The first-order chi connectivity index (χ1) is 6.54. The minimum Gasteiger partial charge on any atom is -0.435 e. The van der Waals surface area contributed by atoms with E-state index < -0.39 is 6.61 Å². The largest absolute Gasteiger partial charge is 0.435 e. The zero-order valence-corrected chi connectivity index (χ0v) is 8.94. The summed E-state index contributed by atoms with van der Waals surface area (Å²) >= 11 is 3.18. The second-order valence-corrected chi connectivity index (χ2v) is 3.47. The number of hydrogen-bond donors (Lipinski definition) is 2. The summed E-state index contributed by atoms with van der Waals surface area (Å²) in [5.41, 5.74) is 3.82. The Hall–Kier alpha value is -0.880. The molecule has 0 aliphatic carbocycles. The Morgan fingerprint density at radius 1 is 1.50 bits per heavy atom. The number of ether oxygens (including phenoxy) is 1. The van der Waals surface area contributed by atoms with Crippen molar-refractivity contribution in [1.82, 2.24) is 0 Å². The average molecular weight is 267 g/mol. The third-order valence-corrected chi connectivity index (χ3v) is 2.26. The van der Waals surface area contributed by atoms with Crippen molar-refractivity contribution in [2.75, 3.05) is 5.43 Å². The lowest BCUT2D eigenvalue weighted by atomic mass is 10.2. The Labute approximate surface area is 88.3 Å². The lowest BCUT2D eigenvalue weighted by molar-refractivity contribution is -0.0498. The van der Waals surface area contributed by atoms with E-state index in [0.29, 0.717) is 10.2 Å². The van der Waals surface area contributed by atoms with Crippen molar-refractivity contribution >= 4 is 21.6 Å². The normalized spacial score (nSPS) is 10.4. The Bertz CT molecular complexity index is 310. The summed E-state index contributed by atoms with van der Waals surface area (Å²) in [6, 6.07) is 2.90. The van der Waals surface area contributed by atoms with Crippen LogP contribution in [-0.4, -0.2) is 6.61 Å². The summed E-state index contributed by atoms with van der Waals surface area (Å²) in [6.45, 7) is -1.09. The maximum absolute atomic E-state index is 11.9. The number of benzene rings is 1. The van der Waals surface area contributed by atoms with Crippen LogP contribution in [0, 0.1) is 6.92 Å². The fourth-order valence-corrected chi connectivity index (χ4v) is 1.72. The molecule has 0 atom stereocenters. The minimum absolute atomic E-state index is 0.100. The molecular weight excluding hydrogens is 258 g/mol. The molecule has 0 aliphatic heterocycles. The molecule has 6 heteroatoms. The molecule has 1 aromatic rings. The molecule has 0 saturated carbocycles. The van der Waals surface area contributed by atoms with Crippen LogP contribution in [0.2, 0.25) is 0 Å². The van der Waals surface area contributed by atoms with E-state index in [4.69, 9.17) is 5.84 Å². The quantitative estimate of drug-likeness (QED) is 0.653. The zero-order chi connectivity index (χ0) is 10.7. The summed E-state index contributed by atoms with van der Waals surface area (Å²) in [5.74, 6) is 5.33. The van der Waals surface area contributed by atoms with Gasteiger partial charge in [0.25, 0.3) is 0 Å². The van der Waals surface area contributed by atoms with Crippen LogP contribution in [0.3, 0.4) is 0 Å². The lowest BCUT2D eigenvalue weighted by Gasteiger charge is -2.11. The lowest BCUT2D eigenvalue weighted by Crippen LogP contribution is -2.09. The highest BCUT2D eigenvalue weighted by Crippen LogP contribution is 2.31. The van der Waals surface area contributed by atoms with Crippen molar-refractivity contribution in [1.29, 1.82) is 0 Å². The van der Waals surface area contributed by atoms with Gasteiger partial charge in [-0.1, -0.05) is 0 Å². The van der Waals surface area contributed by atoms with E-state index in [-0.39, 0.29) is 5.75 Å². The molecule has 0 amide bonds. The van der Waals surface area contributed by atoms with Crippen molar-refractivity contribution in [3.05, 3.63) is 22.2 Å². The number of rotatable bonds is 3. The summed E-state index contributed by atoms with van der Waals surface area (Å²) in [7, 11) is 0. The van der Waals surface area contributed by atoms with E-state index in [0.717, 1.165) is 5.56 Å². The molecule has 0 aliphatic rings. The van der Waals surface area contributed by atoms with Crippen LogP contribution in [0.1, 0.15) is 5.56 Å². The molecule has 3 N–H and O–H groups in total. The van der Waals surface area contributed by atoms with Crippen molar-refractivity contribution in [3.63, 3.8) is 0 Å². The van der Waals surface area contributed by atoms with Crippen molar-refractivity contribution in [2.24, 2.45) is 5.84 Å². The molecule has 14 heavy (non-hydrogen) atoms. The molecule has 0 bridgehead atoms. The van der Waals surface area contributed by atoms with E-state index in [1.807, 2.05) is 0 Å². The van der Waals surface area contributed by atoms with Gasteiger partial charge >= 0.3 is 6.61 Å². The highest BCUT2D eigenvalue weighted by atomic mass is 79.9. The van der Waals surface area contributed by atoms with Crippen LogP contribution in [-0.2, 0) is 0 Å². The van der Waals surface area contributed by atoms with Gasteiger partial charge in [-0.3, -0.25) is 5.84 Å². The predicted molar refractivity (Wildman–Crippen MR) is 53.3 cm³/mol. The molecule has 3 nitrogen and oxygen atoms in total. The molecule has 1 aromatic carbocycles. The van der Waals surface area contributed by atoms with E-state index >= 15 is 0 Å². The molecular formula is C8H9BrF2N2O. The Morgan fingerprint density at radius 2 is 2.14 bits per heavy atom. The molecule has 0 radical (unpaired) electrons. The maximum Gasteiger partial charge on any atom is 0.387 e. The van der Waals surface area contributed by atoms with Gasteiger partial charge in [-0.2, -0.15) is 8.78 Å². The number of alkyl halides is 2. The minimum atomic E-state index is -2.82. The predicted octanol–water partition coefficient (Wildman–Crippen LogP) is 2.64. The van der Waals surface area contributed by atoms with E-state index in [9.17, 15) is 8.78 Å². The zero-order valence-electron chi connectivity index (χ0n) is 7.35. The number of nitrogen functional groups attached to an aromatic ring is 1. The number of aryl methyl sites for hydroxylation is 1. The third-order valence-electron chi connectivity index (χ3n) is 1.63. The van der Waals surface area contributed by atoms with Gasteiger partial charge in [0.1, 0.15) is 5.75 Å². The van der Waals surface area contributed by atoms with Crippen molar-refractivity contribution in [2.45, 2.75) is 13.5 Å². The second kappa shape index (κ2) is 4.56. The van der Waals surface area contributed by atoms with E-state index in [1.165, 1.54) is 12.1 Å². The summed E-state index contributed by atoms with van der Waals surface area (Å²) in [5, 5.41) is 0. The number of hydrogen-bond acceptors (Lipinski definition) is 3. The SMILES string of the molecule is Cc1cc(OC(F)F)cc(Br)c1NN.